The minimum atomic E-state index is -1.38. The van der Waals surface area contributed by atoms with Crippen molar-refractivity contribution in [2.45, 2.75) is 50.5 Å². The molecule has 4 aliphatic heterocycles. The molecule has 1 spiro atoms. The number of nitrogens with zero attached hydrogens (tertiary/aromatic N) is 2. The molecule has 186 valence electrons. The monoisotopic (exact) mass is 500 g/mol. The molecule has 4 heterocycles. The minimum Gasteiger partial charge on any atom is -0.465 e. The van der Waals surface area contributed by atoms with Crippen molar-refractivity contribution < 1.29 is 29.0 Å². The number of esters is 1. The van der Waals surface area contributed by atoms with Gasteiger partial charge in [0.25, 0.3) is 5.91 Å². The Labute approximate surface area is 209 Å². The van der Waals surface area contributed by atoms with Gasteiger partial charge in [-0.05, 0) is 38.3 Å². The molecule has 0 radical (unpaired) electrons. The number of aliphatic hydroxyl groups is 1. The van der Waals surface area contributed by atoms with Gasteiger partial charge in [0.05, 0.1) is 42.0 Å². The second-order valence-corrected chi connectivity index (χ2v) is 10.0. The van der Waals surface area contributed by atoms with Crippen LogP contribution in [0.25, 0.3) is 0 Å². The van der Waals surface area contributed by atoms with Crippen molar-refractivity contribution in [1.29, 1.82) is 0 Å². The molecule has 0 aliphatic carbocycles. The molecule has 0 aromatic heterocycles. The lowest BCUT2D eigenvalue weighted by Gasteiger charge is -2.37. The van der Waals surface area contributed by atoms with E-state index < -0.39 is 47.5 Å². The van der Waals surface area contributed by atoms with Crippen molar-refractivity contribution >= 4 is 35.1 Å². The van der Waals surface area contributed by atoms with Crippen LogP contribution in [0, 0.1) is 18.8 Å². The van der Waals surface area contributed by atoms with Gasteiger partial charge in [-0.2, -0.15) is 0 Å². The fourth-order valence-corrected chi connectivity index (χ4v) is 6.24. The number of aliphatic hydroxyl groups excluding tert-OH is 1. The molecule has 35 heavy (non-hydrogen) atoms. The summed E-state index contributed by atoms with van der Waals surface area (Å²) in [6, 6.07) is 3.66. The summed E-state index contributed by atoms with van der Waals surface area (Å²) in [5, 5.41) is 10.4. The molecule has 6 atom stereocenters. The largest absolute Gasteiger partial charge is 0.465 e. The number of aryl methyl sites for hydroxylation is 1. The van der Waals surface area contributed by atoms with Gasteiger partial charge in [0.1, 0.15) is 17.6 Å². The van der Waals surface area contributed by atoms with E-state index in [1.165, 1.54) is 4.90 Å². The number of carbonyl (C=O) groups excluding carboxylic acids is 3. The molecule has 9 heteroatoms. The Morgan fingerprint density at radius 1 is 1.23 bits per heavy atom. The number of rotatable bonds is 3. The van der Waals surface area contributed by atoms with Gasteiger partial charge < -0.3 is 24.4 Å². The van der Waals surface area contributed by atoms with E-state index in [0.29, 0.717) is 17.1 Å². The van der Waals surface area contributed by atoms with Gasteiger partial charge in [-0.25, -0.2) is 0 Å². The summed E-state index contributed by atoms with van der Waals surface area (Å²) < 4.78 is 12.0. The van der Waals surface area contributed by atoms with E-state index in [2.05, 4.69) is 0 Å². The topological polar surface area (TPSA) is 96.4 Å². The zero-order chi connectivity index (χ0) is 24.9. The Morgan fingerprint density at radius 2 is 2.03 bits per heavy atom. The summed E-state index contributed by atoms with van der Waals surface area (Å²) in [5.74, 6) is -3.11. The number of halogens is 1. The smallest absolute Gasteiger partial charge is 0.312 e. The highest BCUT2D eigenvalue weighted by molar-refractivity contribution is 6.34. The number of cyclic esters (lactones) is 1. The molecule has 5 rings (SSSR count). The molecule has 2 saturated heterocycles. The molecule has 2 fully saturated rings. The van der Waals surface area contributed by atoms with Gasteiger partial charge in [-0.3, -0.25) is 14.4 Å². The van der Waals surface area contributed by atoms with Crippen molar-refractivity contribution in [3.63, 3.8) is 0 Å². The van der Waals surface area contributed by atoms with Crippen LogP contribution >= 0.6 is 11.6 Å². The number of likely N-dealkylation sites (tertiary alicyclic amines) is 1. The fourth-order valence-electron chi connectivity index (χ4n) is 5.92. The summed E-state index contributed by atoms with van der Waals surface area (Å²) in [6.07, 6.45) is 8.02. The van der Waals surface area contributed by atoms with Crippen molar-refractivity contribution in [2.24, 2.45) is 11.8 Å². The third-order valence-corrected chi connectivity index (χ3v) is 7.79. The molecular weight excluding hydrogens is 472 g/mol. The van der Waals surface area contributed by atoms with E-state index in [9.17, 15) is 19.5 Å². The van der Waals surface area contributed by atoms with E-state index >= 15 is 0 Å². The minimum absolute atomic E-state index is 0.225. The van der Waals surface area contributed by atoms with Crippen LogP contribution in [-0.4, -0.2) is 71.3 Å². The highest BCUT2D eigenvalue weighted by atomic mass is 35.5. The van der Waals surface area contributed by atoms with Crippen LogP contribution in [0.3, 0.4) is 0 Å². The van der Waals surface area contributed by atoms with Crippen molar-refractivity contribution in [3.8, 4) is 0 Å². The third-order valence-electron chi connectivity index (χ3n) is 7.49. The lowest BCUT2D eigenvalue weighted by atomic mass is 9.78. The predicted molar refractivity (Wildman–Crippen MR) is 129 cm³/mol. The van der Waals surface area contributed by atoms with Gasteiger partial charge in [-0.1, -0.05) is 48.0 Å². The molecular formula is C26H29ClN2O6. The Morgan fingerprint density at radius 3 is 2.77 bits per heavy atom. The van der Waals surface area contributed by atoms with E-state index in [4.69, 9.17) is 21.1 Å². The predicted octanol–water partition coefficient (Wildman–Crippen LogP) is 2.41. The van der Waals surface area contributed by atoms with E-state index in [1.807, 2.05) is 31.2 Å². The summed E-state index contributed by atoms with van der Waals surface area (Å²) in [7, 11) is 0. The molecule has 1 aromatic rings. The lowest BCUT2D eigenvalue weighted by molar-refractivity contribution is -0.155. The Hall–Kier alpha value is -2.68. The third kappa shape index (κ3) is 3.61. The normalized spacial score (nSPS) is 34.2. The number of fused-ring (bicyclic) bond motifs is 2. The number of allylic oxidation sites excluding steroid dienone is 1. The molecule has 0 bridgehead atoms. The zero-order valence-electron chi connectivity index (χ0n) is 19.7. The maximum absolute atomic E-state index is 14.3. The van der Waals surface area contributed by atoms with Crippen molar-refractivity contribution in [1.82, 2.24) is 4.90 Å². The lowest BCUT2D eigenvalue weighted by Crippen LogP contribution is -2.57. The van der Waals surface area contributed by atoms with Crippen molar-refractivity contribution in [3.05, 3.63) is 53.1 Å². The van der Waals surface area contributed by atoms with Crippen LogP contribution < -0.4 is 4.90 Å². The van der Waals surface area contributed by atoms with Gasteiger partial charge in [0, 0.05) is 6.54 Å². The highest BCUT2D eigenvalue weighted by Gasteiger charge is 2.72. The first-order chi connectivity index (χ1) is 16.8. The molecule has 1 unspecified atom stereocenters. The summed E-state index contributed by atoms with van der Waals surface area (Å²) in [6.45, 7) is 3.69. The first-order valence-electron chi connectivity index (χ1n) is 12.0. The van der Waals surface area contributed by atoms with Gasteiger partial charge in [-0.15, -0.1) is 0 Å². The first-order valence-corrected chi connectivity index (χ1v) is 12.4. The number of anilines is 1. The number of hydrogen-bond acceptors (Lipinski definition) is 6. The van der Waals surface area contributed by atoms with Gasteiger partial charge >= 0.3 is 5.97 Å². The van der Waals surface area contributed by atoms with E-state index in [-0.39, 0.29) is 25.7 Å². The standard InChI is InChI=1S/C26H29ClN2O6/c1-15-8-6-9-17(27)21(15)28-12-7-11-26-20(23(31)29(16(2)14-30)22(26)24(28)32)19-18(35-26)10-4-3-5-13-34-25(19)33/h4,6-11,16,18-20,22,30H,3,5,12-14H2,1-2H3/b10-4-/t16-,18+,19-,20+,22?,26+/m1/s1. The summed E-state index contributed by atoms with van der Waals surface area (Å²) >= 11 is 6.52. The maximum Gasteiger partial charge on any atom is 0.312 e. The highest BCUT2D eigenvalue weighted by Crippen LogP contribution is 2.54. The van der Waals surface area contributed by atoms with Crippen LogP contribution in [-0.2, 0) is 23.9 Å². The summed E-state index contributed by atoms with van der Waals surface area (Å²) in [5.41, 5.74) is 0.00195. The number of amides is 2. The fraction of sp³-hybridized carbons (Fsp3) is 0.500. The second kappa shape index (κ2) is 9.08. The van der Waals surface area contributed by atoms with Gasteiger partial charge in [0.2, 0.25) is 5.91 Å². The number of carbonyl (C=O) groups is 3. The molecule has 8 nitrogen and oxygen atoms in total. The van der Waals surface area contributed by atoms with Crippen LogP contribution in [0.15, 0.2) is 42.5 Å². The van der Waals surface area contributed by atoms with Gasteiger partial charge in [0.15, 0.2) is 0 Å². The van der Waals surface area contributed by atoms with Crippen molar-refractivity contribution in [2.75, 3.05) is 24.7 Å². The average Bonchev–Trinajstić information content (AvgIpc) is 3.25. The van der Waals surface area contributed by atoms with E-state index in [1.54, 1.807) is 30.0 Å². The average molecular weight is 501 g/mol. The first kappa shape index (κ1) is 24.0. The Balaban J connectivity index is 1.66. The number of hydrogen-bond donors (Lipinski definition) is 1. The van der Waals surface area contributed by atoms with Crippen LogP contribution in [0.4, 0.5) is 5.69 Å². The zero-order valence-corrected chi connectivity index (χ0v) is 20.5. The molecule has 1 aromatic carbocycles. The molecule has 0 saturated carbocycles. The second-order valence-electron chi connectivity index (χ2n) is 9.61. The Kier molecular flexibility index (Phi) is 6.23. The molecule has 2 amide bonds. The Bertz CT molecular complexity index is 1100. The number of ether oxygens (including phenoxy) is 2. The number of benzene rings is 1. The number of para-hydroxylation sites is 1. The van der Waals surface area contributed by atoms with Crippen LogP contribution in [0.2, 0.25) is 5.02 Å². The maximum atomic E-state index is 14.3. The van der Waals surface area contributed by atoms with E-state index in [0.717, 1.165) is 12.0 Å². The van der Waals surface area contributed by atoms with Crippen LogP contribution in [0.1, 0.15) is 25.3 Å². The molecule has 1 N–H and O–H groups in total. The quantitative estimate of drug-likeness (QED) is 0.506. The SMILES string of the molecule is Cc1cccc(Cl)c1N1CC=C[C@]23O[C@H]4/C=C\CCCOC(=O)[C@H]4[C@H]2C(=O)N([C@H](C)CO)C3C1=O. The van der Waals surface area contributed by atoms with Crippen LogP contribution in [0.5, 0.6) is 0 Å². The molecule has 4 aliphatic rings. The summed E-state index contributed by atoms with van der Waals surface area (Å²) in [4.78, 5) is 44.3.